The molecule has 7 heteroatoms. The van der Waals surface area contributed by atoms with Crippen LogP contribution in [0, 0.1) is 0 Å². The molecule has 0 spiro atoms. The number of morpholine rings is 1. The standard InChI is InChI=1S/C21H23N3O2S2/c25-21(20-15-17(5-7-22-20)23-9-11-26-12-10-23)24(16-19-4-2-14-28-19)8-6-18-3-1-13-27-18/h1-5,7,13-15H,6,8-12,16H2. The summed E-state index contributed by atoms with van der Waals surface area (Å²) in [5, 5.41) is 4.13. The quantitative estimate of drug-likeness (QED) is 0.589. The van der Waals surface area contributed by atoms with Gasteiger partial charge < -0.3 is 14.5 Å². The number of carbonyl (C=O) groups is 1. The van der Waals surface area contributed by atoms with Crippen LogP contribution in [0.4, 0.5) is 5.69 Å². The third-order valence-electron chi connectivity index (χ3n) is 4.76. The number of nitrogens with zero attached hydrogens (tertiary/aromatic N) is 3. The van der Waals surface area contributed by atoms with Crippen molar-refractivity contribution in [3.8, 4) is 0 Å². The van der Waals surface area contributed by atoms with Crippen molar-refractivity contribution in [3.63, 3.8) is 0 Å². The van der Waals surface area contributed by atoms with E-state index in [4.69, 9.17) is 4.74 Å². The van der Waals surface area contributed by atoms with Gasteiger partial charge in [-0.3, -0.25) is 9.78 Å². The Morgan fingerprint density at radius 2 is 1.86 bits per heavy atom. The van der Waals surface area contributed by atoms with Gasteiger partial charge in [0.25, 0.3) is 5.91 Å². The van der Waals surface area contributed by atoms with E-state index in [1.54, 1.807) is 28.9 Å². The third kappa shape index (κ3) is 4.79. The molecule has 3 aromatic rings. The fourth-order valence-electron chi connectivity index (χ4n) is 3.26. The van der Waals surface area contributed by atoms with Gasteiger partial charge in [0, 0.05) is 41.3 Å². The summed E-state index contributed by atoms with van der Waals surface area (Å²) in [5.41, 5.74) is 1.54. The number of rotatable bonds is 7. The highest BCUT2D eigenvalue weighted by Gasteiger charge is 2.20. The van der Waals surface area contributed by atoms with Gasteiger partial charge in [-0.05, 0) is 41.4 Å². The highest BCUT2D eigenvalue weighted by atomic mass is 32.1. The Bertz CT molecular complexity index is 875. The second-order valence-electron chi connectivity index (χ2n) is 6.63. The van der Waals surface area contributed by atoms with Gasteiger partial charge in [0.1, 0.15) is 5.69 Å². The SMILES string of the molecule is O=C(c1cc(N2CCOCC2)ccn1)N(CCc1cccs1)Cc1cccs1. The lowest BCUT2D eigenvalue weighted by molar-refractivity contribution is 0.0741. The summed E-state index contributed by atoms with van der Waals surface area (Å²) in [4.78, 5) is 24.3. The van der Waals surface area contributed by atoms with Crippen molar-refractivity contribution in [2.75, 3.05) is 37.7 Å². The van der Waals surface area contributed by atoms with Crippen LogP contribution < -0.4 is 4.90 Å². The molecule has 5 nitrogen and oxygen atoms in total. The molecule has 0 atom stereocenters. The van der Waals surface area contributed by atoms with Crippen LogP contribution in [0.2, 0.25) is 0 Å². The number of ether oxygens (including phenoxy) is 1. The van der Waals surface area contributed by atoms with Crippen LogP contribution >= 0.6 is 22.7 Å². The van der Waals surface area contributed by atoms with E-state index in [2.05, 4.69) is 38.8 Å². The number of hydrogen-bond donors (Lipinski definition) is 0. The number of amides is 1. The summed E-state index contributed by atoms with van der Waals surface area (Å²) in [7, 11) is 0. The minimum Gasteiger partial charge on any atom is -0.378 e. The van der Waals surface area contributed by atoms with Crippen LogP contribution in [-0.2, 0) is 17.7 Å². The maximum absolute atomic E-state index is 13.3. The lowest BCUT2D eigenvalue weighted by atomic mass is 10.2. The van der Waals surface area contributed by atoms with Crippen molar-refractivity contribution in [2.24, 2.45) is 0 Å². The second-order valence-corrected chi connectivity index (χ2v) is 8.70. The highest BCUT2D eigenvalue weighted by Crippen LogP contribution is 2.20. The number of pyridine rings is 1. The third-order valence-corrected chi connectivity index (χ3v) is 6.56. The van der Waals surface area contributed by atoms with Crippen molar-refractivity contribution in [1.82, 2.24) is 9.88 Å². The van der Waals surface area contributed by atoms with E-state index in [9.17, 15) is 4.79 Å². The zero-order valence-electron chi connectivity index (χ0n) is 15.6. The van der Waals surface area contributed by atoms with E-state index in [1.165, 1.54) is 9.75 Å². The first-order chi connectivity index (χ1) is 13.8. The van der Waals surface area contributed by atoms with Crippen molar-refractivity contribution in [3.05, 3.63) is 68.8 Å². The van der Waals surface area contributed by atoms with Crippen LogP contribution in [0.15, 0.2) is 53.4 Å². The Morgan fingerprint density at radius 1 is 1.11 bits per heavy atom. The zero-order valence-corrected chi connectivity index (χ0v) is 17.3. The van der Waals surface area contributed by atoms with Gasteiger partial charge >= 0.3 is 0 Å². The lowest BCUT2D eigenvalue weighted by Gasteiger charge is -2.29. The molecule has 0 N–H and O–H groups in total. The average molecular weight is 414 g/mol. The second kappa shape index (κ2) is 9.32. The summed E-state index contributed by atoms with van der Waals surface area (Å²) in [5.74, 6) is -0.0138. The predicted molar refractivity (Wildman–Crippen MR) is 114 cm³/mol. The van der Waals surface area contributed by atoms with Gasteiger partial charge in [0.2, 0.25) is 0 Å². The molecule has 1 amide bonds. The van der Waals surface area contributed by atoms with Crippen molar-refractivity contribution >= 4 is 34.3 Å². The summed E-state index contributed by atoms with van der Waals surface area (Å²) >= 11 is 3.41. The van der Waals surface area contributed by atoms with E-state index in [1.807, 2.05) is 23.1 Å². The highest BCUT2D eigenvalue weighted by molar-refractivity contribution is 7.10. The molecule has 0 aromatic carbocycles. The first kappa shape index (κ1) is 19.1. The minimum absolute atomic E-state index is 0.0138. The molecule has 1 saturated heterocycles. The molecule has 0 saturated carbocycles. The zero-order chi connectivity index (χ0) is 19.2. The Morgan fingerprint density at radius 3 is 2.57 bits per heavy atom. The Hall–Kier alpha value is -2.22. The molecule has 1 aliphatic heterocycles. The normalized spacial score (nSPS) is 14.2. The Balaban J connectivity index is 1.51. The molecule has 0 unspecified atom stereocenters. The molecule has 4 rings (SSSR count). The largest absolute Gasteiger partial charge is 0.378 e. The summed E-state index contributed by atoms with van der Waals surface area (Å²) in [6, 6.07) is 12.2. The van der Waals surface area contributed by atoms with Crippen molar-refractivity contribution < 1.29 is 9.53 Å². The van der Waals surface area contributed by atoms with E-state index in [0.717, 1.165) is 38.4 Å². The first-order valence-corrected chi connectivity index (χ1v) is 11.2. The number of carbonyl (C=O) groups excluding carboxylic acids is 1. The average Bonchev–Trinajstić information content (AvgIpc) is 3.45. The molecule has 1 fully saturated rings. The van der Waals surface area contributed by atoms with E-state index in [0.29, 0.717) is 18.8 Å². The molecule has 28 heavy (non-hydrogen) atoms. The first-order valence-electron chi connectivity index (χ1n) is 9.42. The summed E-state index contributed by atoms with van der Waals surface area (Å²) in [6.45, 7) is 4.42. The number of anilines is 1. The maximum Gasteiger partial charge on any atom is 0.272 e. The molecule has 146 valence electrons. The molecule has 0 aliphatic carbocycles. The Labute approximate surface area is 173 Å². The van der Waals surface area contributed by atoms with Gasteiger partial charge in [-0.25, -0.2) is 0 Å². The molecule has 0 radical (unpaired) electrons. The number of hydrogen-bond acceptors (Lipinski definition) is 6. The van der Waals surface area contributed by atoms with Crippen LogP contribution in [0.25, 0.3) is 0 Å². The Kier molecular flexibility index (Phi) is 6.36. The van der Waals surface area contributed by atoms with E-state index in [-0.39, 0.29) is 5.91 Å². The predicted octanol–water partition coefficient (Wildman–Crippen LogP) is 3.93. The minimum atomic E-state index is -0.0138. The van der Waals surface area contributed by atoms with Gasteiger partial charge in [0.05, 0.1) is 19.8 Å². The molecule has 4 heterocycles. The van der Waals surface area contributed by atoms with Crippen LogP contribution in [0.1, 0.15) is 20.2 Å². The van der Waals surface area contributed by atoms with Gasteiger partial charge in [-0.1, -0.05) is 12.1 Å². The fraction of sp³-hybridized carbons (Fsp3) is 0.333. The molecular weight excluding hydrogens is 390 g/mol. The van der Waals surface area contributed by atoms with Gasteiger partial charge in [-0.15, -0.1) is 22.7 Å². The van der Waals surface area contributed by atoms with Crippen LogP contribution in [0.3, 0.4) is 0 Å². The smallest absolute Gasteiger partial charge is 0.272 e. The number of aromatic nitrogens is 1. The summed E-state index contributed by atoms with van der Waals surface area (Å²) < 4.78 is 5.43. The van der Waals surface area contributed by atoms with Gasteiger partial charge in [-0.2, -0.15) is 0 Å². The lowest BCUT2D eigenvalue weighted by Crippen LogP contribution is -2.37. The molecular formula is C21H23N3O2S2. The van der Waals surface area contributed by atoms with Crippen LogP contribution in [-0.4, -0.2) is 48.6 Å². The molecule has 0 bridgehead atoms. The molecule has 1 aliphatic rings. The monoisotopic (exact) mass is 413 g/mol. The van der Waals surface area contributed by atoms with E-state index >= 15 is 0 Å². The van der Waals surface area contributed by atoms with Crippen molar-refractivity contribution in [1.29, 1.82) is 0 Å². The fourth-order valence-corrected chi connectivity index (χ4v) is 4.68. The maximum atomic E-state index is 13.3. The number of thiophene rings is 2. The topological polar surface area (TPSA) is 45.7 Å². The van der Waals surface area contributed by atoms with Gasteiger partial charge in [0.15, 0.2) is 0 Å². The summed E-state index contributed by atoms with van der Waals surface area (Å²) in [6.07, 6.45) is 2.60. The van der Waals surface area contributed by atoms with Crippen molar-refractivity contribution in [2.45, 2.75) is 13.0 Å². The van der Waals surface area contributed by atoms with Crippen LogP contribution in [0.5, 0.6) is 0 Å². The van der Waals surface area contributed by atoms with E-state index < -0.39 is 0 Å². The molecule has 3 aromatic heterocycles.